The van der Waals surface area contributed by atoms with Crippen molar-refractivity contribution in [3.8, 4) is 0 Å². The highest BCUT2D eigenvalue weighted by atomic mass is 16.2. The number of benzene rings is 1. The molecule has 120 valence electrons. The van der Waals surface area contributed by atoms with Crippen LogP contribution in [0, 0.1) is 12.8 Å². The van der Waals surface area contributed by atoms with Crippen LogP contribution in [0.4, 0.5) is 0 Å². The molecule has 4 heteroatoms. The van der Waals surface area contributed by atoms with E-state index in [1.54, 1.807) is 0 Å². The number of likely N-dealkylation sites (tertiary alicyclic amines) is 1. The Morgan fingerprint density at radius 3 is 2.45 bits per heavy atom. The number of carbonyl (C=O) groups excluding carboxylic acids is 2. The normalized spacial score (nSPS) is 21.0. The van der Waals surface area contributed by atoms with Gasteiger partial charge in [-0.3, -0.25) is 9.59 Å². The molecule has 0 spiro atoms. The quantitative estimate of drug-likeness (QED) is 0.908. The predicted octanol–water partition coefficient (Wildman–Crippen LogP) is 2.47. The van der Waals surface area contributed by atoms with E-state index in [1.165, 1.54) is 5.56 Å². The summed E-state index contributed by atoms with van der Waals surface area (Å²) in [5.41, 5.74) is 2.35. The van der Waals surface area contributed by atoms with Gasteiger partial charge in [0.2, 0.25) is 11.8 Å². The summed E-state index contributed by atoms with van der Waals surface area (Å²) in [6.45, 7) is 7.82. The third-order valence-corrected chi connectivity index (χ3v) is 4.37. The Morgan fingerprint density at radius 2 is 1.86 bits per heavy atom. The molecule has 2 rings (SSSR count). The number of amides is 2. The highest BCUT2D eigenvalue weighted by molar-refractivity contribution is 5.83. The Morgan fingerprint density at radius 1 is 1.18 bits per heavy atom. The molecule has 0 bridgehead atoms. The summed E-state index contributed by atoms with van der Waals surface area (Å²) < 4.78 is 0. The Kier molecular flexibility index (Phi) is 5.58. The van der Waals surface area contributed by atoms with Gasteiger partial charge in [0.05, 0.1) is 5.92 Å². The van der Waals surface area contributed by atoms with Crippen LogP contribution >= 0.6 is 0 Å². The molecule has 0 aliphatic carbocycles. The maximum atomic E-state index is 12.5. The topological polar surface area (TPSA) is 49.4 Å². The minimum Gasteiger partial charge on any atom is -0.356 e. The van der Waals surface area contributed by atoms with E-state index >= 15 is 0 Å². The number of aryl methyl sites for hydroxylation is 1. The molecular weight excluding hydrogens is 276 g/mol. The number of hydrogen-bond acceptors (Lipinski definition) is 2. The first kappa shape index (κ1) is 16.5. The average Bonchev–Trinajstić information content (AvgIpc) is 2.97. The van der Waals surface area contributed by atoms with Crippen molar-refractivity contribution in [3.05, 3.63) is 35.4 Å². The van der Waals surface area contributed by atoms with Gasteiger partial charge in [0.15, 0.2) is 0 Å². The van der Waals surface area contributed by atoms with E-state index in [0.29, 0.717) is 26.1 Å². The van der Waals surface area contributed by atoms with Gasteiger partial charge in [-0.15, -0.1) is 0 Å². The summed E-state index contributed by atoms with van der Waals surface area (Å²) >= 11 is 0. The van der Waals surface area contributed by atoms with Crippen LogP contribution in [-0.2, 0) is 9.59 Å². The number of carbonyl (C=O) groups is 2. The van der Waals surface area contributed by atoms with Gasteiger partial charge in [0, 0.05) is 32.0 Å². The SMILES string of the molecule is CCCNC(=O)[C@@H]1CN(C(=O)CC)C[C@@H]1c1ccc(C)cc1. The second kappa shape index (κ2) is 7.43. The number of rotatable bonds is 5. The van der Waals surface area contributed by atoms with Crippen LogP contribution in [-0.4, -0.2) is 36.3 Å². The van der Waals surface area contributed by atoms with Gasteiger partial charge >= 0.3 is 0 Å². The molecule has 1 heterocycles. The first-order valence-corrected chi connectivity index (χ1v) is 8.18. The number of hydrogen-bond donors (Lipinski definition) is 1. The summed E-state index contributed by atoms with van der Waals surface area (Å²) in [5.74, 6) is 0.138. The smallest absolute Gasteiger partial charge is 0.225 e. The van der Waals surface area contributed by atoms with Gasteiger partial charge in [-0.1, -0.05) is 43.7 Å². The Labute approximate surface area is 132 Å². The molecule has 1 aliphatic heterocycles. The highest BCUT2D eigenvalue weighted by Crippen LogP contribution is 2.33. The van der Waals surface area contributed by atoms with Crippen LogP contribution in [0.25, 0.3) is 0 Å². The zero-order valence-corrected chi connectivity index (χ0v) is 13.8. The first-order chi connectivity index (χ1) is 10.6. The van der Waals surface area contributed by atoms with Crippen molar-refractivity contribution in [3.63, 3.8) is 0 Å². The third kappa shape index (κ3) is 3.67. The van der Waals surface area contributed by atoms with Crippen molar-refractivity contribution >= 4 is 11.8 Å². The molecule has 0 aromatic heterocycles. The predicted molar refractivity (Wildman–Crippen MR) is 87.6 cm³/mol. The fourth-order valence-electron chi connectivity index (χ4n) is 3.03. The zero-order valence-electron chi connectivity index (χ0n) is 13.8. The molecule has 1 aromatic carbocycles. The summed E-state index contributed by atoms with van der Waals surface area (Å²) in [7, 11) is 0. The fraction of sp³-hybridized carbons (Fsp3) is 0.556. The molecular formula is C18H26N2O2. The highest BCUT2D eigenvalue weighted by Gasteiger charge is 2.39. The van der Waals surface area contributed by atoms with Crippen LogP contribution in [0.15, 0.2) is 24.3 Å². The van der Waals surface area contributed by atoms with E-state index < -0.39 is 0 Å². The second-order valence-electron chi connectivity index (χ2n) is 6.07. The lowest BCUT2D eigenvalue weighted by molar-refractivity contribution is -0.130. The monoisotopic (exact) mass is 302 g/mol. The van der Waals surface area contributed by atoms with Gasteiger partial charge in [-0.2, -0.15) is 0 Å². The van der Waals surface area contributed by atoms with Gasteiger partial charge in [-0.05, 0) is 18.9 Å². The van der Waals surface area contributed by atoms with Crippen LogP contribution < -0.4 is 5.32 Å². The van der Waals surface area contributed by atoms with E-state index in [9.17, 15) is 9.59 Å². The van der Waals surface area contributed by atoms with Crippen molar-refractivity contribution in [1.82, 2.24) is 10.2 Å². The van der Waals surface area contributed by atoms with Crippen molar-refractivity contribution in [2.75, 3.05) is 19.6 Å². The largest absolute Gasteiger partial charge is 0.356 e. The average molecular weight is 302 g/mol. The summed E-state index contributed by atoms with van der Waals surface area (Å²) in [6, 6.07) is 8.31. The lowest BCUT2D eigenvalue weighted by atomic mass is 9.88. The second-order valence-corrected chi connectivity index (χ2v) is 6.07. The van der Waals surface area contributed by atoms with Gasteiger partial charge in [0.1, 0.15) is 0 Å². The molecule has 2 amide bonds. The molecule has 22 heavy (non-hydrogen) atoms. The Bertz CT molecular complexity index is 524. The van der Waals surface area contributed by atoms with E-state index in [0.717, 1.165) is 12.0 Å². The zero-order chi connectivity index (χ0) is 16.1. The number of nitrogens with one attached hydrogen (secondary N) is 1. The first-order valence-electron chi connectivity index (χ1n) is 8.18. The lowest BCUT2D eigenvalue weighted by Crippen LogP contribution is -2.35. The minimum atomic E-state index is -0.148. The van der Waals surface area contributed by atoms with E-state index in [1.807, 2.05) is 18.7 Å². The van der Waals surface area contributed by atoms with Crippen LogP contribution in [0.1, 0.15) is 43.7 Å². The summed E-state index contributed by atoms with van der Waals surface area (Å²) in [6.07, 6.45) is 1.41. The van der Waals surface area contributed by atoms with Crippen LogP contribution in [0.5, 0.6) is 0 Å². The van der Waals surface area contributed by atoms with Gasteiger partial charge < -0.3 is 10.2 Å². The van der Waals surface area contributed by atoms with Gasteiger partial charge in [0.25, 0.3) is 0 Å². The van der Waals surface area contributed by atoms with Gasteiger partial charge in [-0.25, -0.2) is 0 Å². The molecule has 1 aromatic rings. The number of nitrogens with zero attached hydrogens (tertiary/aromatic N) is 1. The molecule has 4 nitrogen and oxygen atoms in total. The van der Waals surface area contributed by atoms with Crippen molar-refractivity contribution in [1.29, 1.82) is 0 Å². The van der Waals surface area contributed by atoms with Crippen LogP contribution in [0.3, 0.4) is 0 Å². The Hall–Kier alpha value is -1.84. The van der Waals surface area contributed by atoms with Crippen molar-refractivity contribution < 1.29 is 9.59 Å². The van der Waals surface area contributed by atoms with E-state index in [4.69, 9.17) is 0 Å². The fourth-order valence-corrected chi connectivity index (χ4v) is 3.03. The molecule has 2 atom stereocenters. The molecule has 1 aliphatic rings. The standard InChI is InChI=1S/C18H26N2O2/c1-4-10-19-18(22)16-12-20(17(21)5-2)11-15(16)14-8-6-13(3)7-9-14/h6-9,15-16H,4-5,10-12H2,1-3H3,(H,19,22)/t15-,16-/m1/s1. The lowest BCUT2D eigenvalue weighted by Gasteiger charge is -2.18. The summed E-state index contributed by atoms with van der Waals surface area (Å²) in [5, 5.41) is 2.99. The molecule has 1 N–H and O–H groups in total. The van der Waals surface area contributed by atoms with E-state index in [2.05, 4.69) is 36.5 Å². The molecule has 1 fully saturated rings. The molecule has 0 unspecified atom stereocenters. The minimum absolute atomic E-state index is 0.0684. The molecule has 0 saturated carbocycles. The maximum Gasteiger partial charge on any atom is 0.225 e. The van der Waals surface area contributed by atoms with Crippen molar-refractivity contribution in [2.45, 2.75) is 39.5 Å². The molecule has 0 radical (unpaired) electrons. The van der Waals surface area contributed by atoms with E-state index in [-0.39, 0.29) is 23.7 Å². The third-order valence-electron chi connectivity index (χ3n) is 4.37. The molecule has 1 saturated heterocycles. The van der Waals surface area contributed by atoms with Crippen molar-refractivity contribution in [2.24, 2.45) is 5.92 Å². The maximum absolute atomic E-state index is 12.5. The van der Waals surface area contributed by atoms with Crippen LogP contribution in [0.2, 0.25) is 0 Å². The Balaban J connectivity index is 2.20. The summed E-state index contributed by atoms with van der Waals surface area (Å²) in [4.78, 5) is 26.3.